The summed E-state index contributed by atoms with van der Waals surface area (Å²) in [6.45, 7) is 3.06. The second kappa shape index (κ2) is 7.06. The molecule has 0 N–H and O–H groups in total. The second-order valence-corrected chi connectivity index (χ2v) is 8.04. The molecule has 0 aliphatic rings. The molecule has 0 saturated carbocycles. The molecular formula is C18H21I2N3. The molecule has 0 unspecified atom stereocenters. The highest BCUT2D eigenvalue weighted by atomic mass is 127. The number of imidazole rings is 1. The lowest BCUT2D eigenvalue weighted by Crippen LogP contribution is -3.00. The average molecular weight is 533 g/mol. The molecule has 2 heterocycles. The predicted molar refractivity (Wildman–Crippen MR) is 99.8 cm³/mol. The van der Waals surface area contributed by atoms with Crippen molar-refractivity contribution in [2.75, 3.05) is 21.1 Å². The maximum atomic E-state index is 4.89. The maximum Gasteiger partial charge on any atom is 0.137 e. The number of nitrogens with zero attached hydrogens (tertiary/aromatic N) is 3. The first kappa shape index (κ1) is 18.7. The van der Waals surface area contributed by atoms with Gasteiger partial charge in [0.2, 0.25) is 0 Å². The van der Waals surface area contributed by atoms with Crippen molar-refractivity contribution in [2.24, 2.45) is 0 Å². The fourth-order valence-corrected chi connectivity index (χ4v) is 3.00. The Hall–Kier alpha value is -0.670. The SMILES string of the molecule is Cc1ccc2nc(-c3ccc(I)cc3)c(C[N+](C)(C)C)n2c1.[I-]. The minimum atomic E-state index is 0. The van der Waals surface area contributed by atoms with E-state index in [1.807, 2.05) is 0 Å². The Balaban J connectivity index is 0.00000192. The van der Waals surface area contributed by atoms with Gasteiger partial charge in [-0.15, -0.1) is 0 Å². The van der Waals surface area contributed by atoms with Crippen LogP contribution in [-0.4, -0.2) is 35.0 Å². The van der Waals surface area contributed by atoms with Crippen LogP contribution in [0, 0.1) is 10.5 Å². The Morgan fingerprint density at radius 3 is 2.30 bits per heavy atom. The zero-order valence-corrected chi connectivity index (χ0v) is 18.2. The Morgan fingerprint density at radius 1 is 1.04 bits per heavy atom. The van der Waals surface area contributed by atoms with E-state index < -0.39 is 0 Å². The van der Waals surface area contributed by atoms with Gasteiger partial charge in [0.05, 0.1) is 26.8 Å². The van der Waals surface area contributed by atoms with Crippen molar-refractivity contribution < 1.29 is 28.5 Å². The van der Waals surface area contributed by atoms with Crippen LogP contribution in [0.5, 0.6) is 0 Å². The zero-order valence-electron chi connectivity index (χ0n) is 13.8. The summed E-state index contributed by atoms with van der Waals surface area (Å²) in [4.78, 5) is 4.89. The van der Waals surface area contributed by atoms with Gasteiger partial charge < -0.3 is 28.5 Å². The van der Waals surface area contributed by atoms with Crippen LogP contribution in [0.3, 0.4) is 0 Å². The Bertz CT molecular complexity index is 815. The van der Waals surface area contributed by atoms with E-state index in [1.165, 1.54) is 20.4 Å². The Morgan fingerprint density at radius 2 is 1.70 bits per heavy atom. The molecule has 0 radical (unpaired) electrons. The van der Waals surface area contributed by atoms with Gasteiger partial charge in [0.15, 0.2) is 0 Å². The molecule has 0 aliphatic heterocycles. The van der Waals surface area contributed by atoms with E-state index in [9.17, 15) is 0 Å². The van der Waals surface area contributed by atoms with Crippen molar-refractivity contribution in [3.63, 3.8) is 0 Å². The van der Waals surface area contributed by atoms with Crippen LogP contribution >= 0.6 is 22.6 Å². The maximum absolute atomic E-state index is 4.89. The molecule has 3 rings (SSSR count). The summed E-state index contributed by atoms with van der Waals surface area (Å²) in [5.41, 5.74) is 5.82. The highest BCUT2D eigenvalue weighted by Gasteiger charge is 2.20. The molecule has 1 aromatic carbocycles. The quantitative estimate of drug-likeness (QED) is 0.365. The summed E-state index contributed by atoms with van der Waals surface area (Å²) in [6.07, 6.45) is 2.18. The van der Waals surface area contributed by atoms with Crippen LogP contribution in [0.4, 0.5) is 0 Å². The van der Waals surface area contributed by atoms with Crippen LogP contribution in [0.25, 0.3) is 16.9 Å². The van der Waals surface area contributed by atoms with Gasteiger partial charge in [0.25, 0.3) is 0 Å². The number of halogens is 2. The monoisotopic (exact) mass is 533 g/mol. The van der Waals surface area contributed by atoms with Crippen molar-refractivity contribution in [1.29, 1.82) is 0 Å². The third kappa shape index (κ3) is 4.24. The van der Waals surface area contributed by atoms with E-state index >= 15 is 0 Å². The van der Waals surface area contributed by atoms with Gasteiger partial charge >= 0.3 is 0 Å². The van der Waals surface area contributed by atoms with Gasteiger partial charge in [-0.2, -0.15) is 0 Å². The minimum Gasteiger partial charge on any atom is -1.00 e. The first-order valence-corrected chi connectivity index (χ1v) is 8.45. The summed E-state index contributed by atoms with van der Waals surface area (Å²) in [5, 5.41) is 0. The Labute approximate surface area is 168 Å². The molecule has 0 amide bonds. The van der Waals surface area contributed by atoms with Gasteiger partial charge in [-0.05, 0) is 53.3 Å². The molecule has 5 heteroatoms. The zero-order chi connectivity index (χ0) is 15.9. The molecule has 0 aliphatic carbocycles. The number of aromatic nitrogens is 2. The van der Waals surface area contributed by atoms with Gasteiger partial charge in [-0.25, -0.2) is 4.98 Å². The second-order valence-electron chi connectivity index (χ2n) is 6.80. The molecule has 0 fully saturated rings. The normalized spacial score (nSPS) is 11.5. The first-order valence-electron chi connectivity index (χ1n) is 7.37. The summed E-state index contributed by atoms with van der Waals surface area (Å²) in [7, 11) is 6.65. The van der Waals surface area contributed by atoms with E-state index in [0.717, 1.165) is 22.4 Å². The largest absolute Gasteiger partial charge is 1.00 e. The first-order chi connectivity index (χ1) is 10.3. The van der Waals surface area contributed by atoms with Crippen LogP contribution in [0.15, 0.2) is 42.6 Å². The van der Waals surface area contributed by atoms with E-state index in [2.05, 4.69) is 97.7 Å². The van der Waals surface area contributed by atoms with Crippen LogP contribution in [0.2, 0.25) is 0 Å². The molecule has 3 aromatic rings. The molecular weight excluding hydrogens is 512 g/mol. The van der Waals surface area contributed by atoms with Crippen LogP contribution in [-0.2, 0) is 6.54 Å². The molecule has 0 spiro atoms. The topological polar surface area (TPSA) is 17.3 Å². The van der Waals surface area contributed by atoms with Gasteiger partial charge in [0, 0.05) is 15.3 Å². The van der Waals surface area contributed by atoms with E-state index in [0.29, 0.717) is 0 Å². The fraction of sp³-hybridized carbons (Fsp3) is 0.278. The van der Waals surface area contributed by atoms with Gasteiger partial charge in [0.1, 0.15) is 17.9 Å². The minimum absolute atomic E-state index is 0. The van der Waals surface area contributed by atoms with Gasteiger partial charge in [-0.3, -0.25) is 4.40 Å². The van der Waals surface area contributed by atoms with Crippen LogP contribution < -0.4 is 24.0 Å². The predicted octanol–water partition coefficient (Wildman–Crippen LogP) is 1.12. The molecule has 0 saturated heterocycles. The summed E-state index contributed by atoms with van der Waals surface area (Å²) < 4.78 is 4.36. The lowest BCUT2D eigenvalue weighted by molar-refractivity contribution is -0.884. The van der Waals surface area contributed by atoms with Crippen LogP contribution in [0.1, 0.15) is 11.3 Å². The van der Waals surface area contributed by atoms with Crippen molar-refractivity contribution >= 4 is 28.2 Å². The molecule has 23 heavy (non-hydrogen) atoms. The highest BCUT2D eigenvalue weighted by Crippen LogP contribution is 2.27. The third-order valence-corrected chi connectivity index (χ3v) is 4.33. The van der Waals surface area contributed by atoms with Crippen molar-refractivity contribution in [2.45, 2.75) is 13.5 Å². The number of pyridine rings is 1. The lowest BCUT2D eigenvalue weighted by atomic mass is 10.1. The number of quaternary nitrogens is 1. The third-order valence-electron chi connectivity index (χ3n) is 3.61. The van der Waals surface area contributed by atoms with E-state index in [4.69, 9.17) is 4.98 Å². The highest BCUT2D eigenvalue weighted by molar-refractivity contribution is 14.1. The smallest absolute Gasteiger partial charge is 0.137 e. The van der Waals surface area contributed by atoms with E-state index in [-0.39, 0.29) is 24.0 Å². The number of benzene rings is 1. The van der Waals surface area contributed by atoms with Crippen molar-refractivity contribution in [3.05, 3.63) is 57.4 Å². The lowest BCUT2D eigenvalue weighted by Gasteiger charge is -2.24. The van der Waals surface area contributed by atoms with E-state index in [1.54, 1.807) is 0 Å². The van der Waals surface area contributed by atoms with Crippen molar-refractivity contribution in [3.8, 4) is 11.3 Å². The number of hydrogen-bond donors (Lipinski definition) is 0. The molecule has 122 valence electrons. The fourth-order valence-electron chi connectivity index (χ4n) is 2.64. The number of hydrogen-bond acceptors (Lipinski definition) is 1. The number of fused-ring (bicyclic) bond motifs is 1. The Kier molecular flexibility index (Phi) is 5.73. The van der Waals surface area contributed by atoms with Gasteiger partial charge in [-0.1, -0.05) is 18.2 Å². The molecule has 2 aromatic heterocycles. The number of aryl methyl sites for hydroxylation is 1. The standard InChI is InChI=1S/C18H21IN3.HI/c1-13-5-10-17-20-18(14-6-8-15(19)9-7-14)16(21(17)11-13)12-22(2,3)4;/h5-11H,12H2,1-4H3;1H/q+1;/p-1. The average Bonchev–Trinajstić information content (AvgIpc) is 2.76. The summed E-state index contributed by atoms with van der Waals surface area (Å²) in [6, 6.07) is 12.8. The molecule has 0 bridgehead atoms. The van der Waals surface area contributed by atoms with Crippen molar-refractivity contribution in [1.82, 2.24) is 9.38 Å². The molecule has 3 nitrogen and oxygen atoms in total. The molecule has 0 atom stereocenters. The summed E-state index contributed by atoms with van der Waals surface area (Å²) >= 11 is 2.34. The summed E-state index contributed by atoms with van der Waals surface area (Å²) in [5.74, 6) is 0. The number of rotatable bonds is 3.